The van der Waals surface area contributed by atoms with Gasteiger partial charge in [-0.05, 0) is 40.5 Å². The van der Waals surface area contributed by atoms with Crippen LogP contribution in [0.2, 0.25) is 0 Å². The summed E-state index contributed by atoms with van der Waals surface area (Å²) in [5, 5.41) is 18.4. The minimum absolute atomic E-state index is 0.245. The molecule has 0 unspecified atom stereocenters. The smallest absolute Gasteiger partial charge is 0.245 e. The Bertz CT molecular complexity index is 1230. The fraction of sp³-hybridized carbons (Fsp3) is 0.320. The summed E-state index contributed by atoms with van der Waals surface area (Å²) in [5.74, 6) is -2.31. The summed E-state index contributed by atoms with van der Waals surface area (Å²) in [6.07, 6.45) is 5.11. The van der Waals surface area contributed by atoms with Crippen LogP contribution in [-0.2, 0) is 18.9 Å². The number of nitrogens with one attached hydrogen (secondary N) is 1. The van der Waals surface area contributed by atoms with Gasteiger partial charge in [0.1, 0.15) is 5.82 Å². The minimum Gasteiger partial charge on any atom is -0.245 e. The highest BCUT2D eigenvalue weighted by Gasteiger charge is 2.36. The van der Waals surface area contributed by atoms with Gasteiger partial charge >= 0.3 is 5.92 Å². The molecular weight excluding hydrogens is 436 g/mol. The van der Waals surface area contributed by atoms with Gasteiger partial charge < -0.3 is 0 Å². The average Bonchev–Trinajstić information content (AvgIpc) is 3.53. The molecular formula is C25H27F2N7. The summed E-state index contributed by atoms with van der Waals surface area (Å²) >= 11 is 0. The second-order valence-electron chi connectivity index (χ2n) is 8.08. The Morgan fingerprint density at radius 2 is 1.82 bits per heavy atom. The van der Waals surface area contributed by atoms with E-state index >= 15 is 0 Å². The molecule has 0 atom stereocenters. The van der Waals surface area contributed by atoms with Gasteiger partial charge in [0.25, 0.3) is 0 Å². The van der Waals surface area contributed by atoms with E-state index in [9.17, 15) is 8.78 Å². The molecule has 0 saturated carbocycles. The Kier molecular flexibility index (Phi) is 7.20. The van der Waals surface area contributed by atoms with Gasteiger partial charge in [0.05, 0.1) is 6.54 Å². The summed E-state index contributed by atoms with van der Waals surface area (Å²) < 4.78 is 30.8. The molecule has 0 aliphatic heterocycles. The zero-order chi connectivity index (χ0) is 24.0. The van der Waals surface area contributed by atoms with Crippen LogP contribution in [0, 0.1) is 0 Å². The van der Waals surface area contributed by atoms with Crippen LogP contribution in [0.25, 0.3) is 22.5 Å². The first-order chi connectivity index (χ1) is 16.5. The van der Waals surface area contributed by atoms with E-state index in [4.69, 9.17) is 0 Å². The first-order valence-corrected chi connectivity index (χ1v) is 11.4. The number of rotatable bonds is 10. The van der Waals surface area contributed by atoms with E-state index in [1.807, 2.05) is 74.5 Å². The molecule has 1 N–H and O–H groups in total. The highest BCUT2D eigenvalue weighted by atomic mass is 19.3. The zero-order valence-electron chi connectivity index (χ0n) is 19.2. The van der Waals surface area contributed by atoms with Crippen molar-refractivity contribution in [3.8, 4) is 22.5 Å². The van der Waals surface area contributed by atoms with Crippen molar-refractivity contribution in [1.82, 2.24) is 35.4 Å². The maximum atomic E-state index is 14.6. The molecule has 7 nitrogen and oxygen atoms in total. The normalized spacial score (nSPS) is 12.0. The molecule has 2 heterocycles. The lowest BCUT2D eigenvalue weighted by Gasteiger charge is -2.11. The largest absolute Gasteiger partial charge is 0.308 e. The molecule has 0 fully saturated rings. The van der Waals surface area contributed by atoms with Gasteiger partial charge in [-0.2, -0.15) is 8.78 Å². The Hall–Kier alpha value is -3.75. The number of tetrazole rings is 1. The quantitative estimate of drug-likeness (QED) is 0.311. The molecule has 9 heteroatoms. The van der Waals surface area contributed by atoms with Gasteiger partial charge in [-0.1, -0.05) is 74.0 Å². The first kappa shape index (κ1) is 23.4. The fourth-order valence-electron chi connectivity index (χ4n) is 3.72. The topological polar surface area (TPSA) is 85.2 Å². The third-order valence-corrected chi connectivity index (χ3v) is 5.58. The van der Waals surface area contributed by atoms with Crippen molar-refractivity contribution in [2.45, 2.75) is 52.0 Å². The maximum absolute atomic E-state index is 14.6. The number of aromatic amines is 1. The number of benzene rings is 2. The molecule has 0 amide bonds. The van der Waals surface area contributed by atoms with Crippen molar-refractivity contribution >= 4 is 0 Å². The Morgan fingerprint density at radius 1 is 1.06 bits per heavy atom. The van der Waals surface area contributed by atoms with E-state index in [0.29, 0.717) is 37.5 Å². The number of hydrogen-bond donors (Lipinski definition) is 1. The Balaban J connectivity index is 1.59. The van der Waals surface area contributed by atoms with Crippen molar-refractivity contribution in [2.24, 2.45) is 0 Å². The molecule has 0 aliphatic rings. The fourth-order valence-corrected chi connectivity index (χ4v) is 3.72. The molecule has 2 aromatic carbocycles. The van der Waals surface area contributed by atoms with Crippen molar-refractivity contribution in [2.75, 3.05) is 0 Å². The SMILES string of the molecule is CC=CCc1nc(C(F)(F)CCCC)nn1Cc1ccc(-c2ccccc2-c2nnn[nH]2)cc1. The van der Waals surface area contributed by atoms with Crippen molar-refractivity contribution in [1.29, 1.82) is 0 Å². The third kappa shape index (κ3) is 5.24. The van der Waals surface area contributed by atoms with Crippen LogP contribution in [0.1, 0.15) is 50.3 Å². The zero-order valence-corrected chi connectivity index (χ0v) is 19.2. The van der Waals surface area contributed by atoms with Crippen LogP contribution in [0.5, 0.6) is 0 Å². The van der Waals surface area contributed by atoms with Crippen molar-refractivity contribution in [3.05, 3.63) is 77.9 Å². The van der Waals surface area contributed by atoms with Crippen LogP contribution in [0.4, 0.5) is 8.78 Å². The summed E-state index contributed by atoms with van der Waals surface area (Å²) in [4.78, 5) is 4.20. The van der Waals surface area contributed by atoms with E-state index in [-0.39, 0.29) is 6.42 Å². The number of alkyl halides is 2. The summed E-state index contributed by atoms with van der Waals surface area (Å²) in [7, 11) is 0. The Labute approximate surface area is 196 Å². The lowest BCUT2D eigenvalue weighted by Crippen LogP contribution is -2.16. The average molecular weight is 464 g/mol. The number of nitrogens with zero attached hydrogens (tertiary/aromatic N) is 6. The van der Waals surface area contributed by atoms with Crippen LogP contribution in [-0.4, -0.2) is 35.4 Å². The molecule has 0 radical (unpaired) electrons. The van der Waals surface area contributed by atoms with E-state index in [1.165, 1.54) is 0 Å². The number of halogens is 2. The molecule has 34 heavy (non-hydrogen) atoms. The summed E-state index contributed by atoms with van der Waals surface area (Å²) in [6.45, 7) is 4.14. The van der Waals surface area contributed by atoms with Crippen LogP contribution in [0.15, 0.2) is 60.7 Å². The predicted molar refractivity (Wildman–Crippen MR) is 126 cm³/mol. The van der Waals surface area contributed by atoms with E-state index < -0.39 is 11.7 Å². The third-order valence-electron chi connectivity index (χ3n) is 5.58. The highest BCUT2D eigenvalue weighted by Crippen LogP contribution is 2.32. The minimum atomic E-state index is -3.03. The molecule has 0 spiro atoms. The molecule has 176 valence electrons. The van der Waals surface area contributed by atoms with Gasteiger partial charge in [0.15, 0.2) is 5.82 Å². The second kappa shape index (κ2) is 10.5. The van der Waals surface area contributed by atoms with E-state index in [1.54, 1.807) is 4.68 Å². The number of aromatic nitrogens is 7. The van der Waals surface area contributed by atoms with Crippen LogP contribution < -0.4 is 0 Å². The molecule has 2 aromatic heterocycles. The monoisotopic (exact) mass is 463 g/mol. The Morgan fingerprint density at radius 3 is 2.50 bits per heavy atom. The van der Waals surface area contributed by atoms with Crippen molar-refractivity contribution in [3.63, 3.8) is 0 Å². The van der Waals surface area contributed by atoms with Crippen LogP contribution in [0.3, 0.4) is 0 Å². The van der Waals surface area contributed by atoms with Gasteiger partial charge in [-0.25, -0.2) is 14.8 Å². The van der Waals surface area contributed by atoms with Gasteiger partial charge in [0, 0.05) is 18.4 Å². The van der Waals surface area contributed by atoms with E-state index in [0.717, 1.165) is 22.3 Å². The summed E-state index contributed by atoms with van der Waals surface area (Å²) in [5.41, 5.74) is 3.82. The number of H-pyrrole nitrogens is 1. The lowest BCUT2D eigenvalue weighted by molar-refractivity contribution is -0.0245. The number of hydrogen-bond acceptors (Lipinski definition) is 5. The van der Waals surface area contributed by atoms with Gasteiger partial charge in [0.2, 0.25) is 5.82 Å². The number of unbranched alkanes of at least 4 members (excludes halogenated alkanes) is 1. The molecule has 4 rings (SSSR count). The molecule has 0 bridgehead atoms. The summed E-state index contributed by atoms with van der Waals surface area (Å²) in [6, 6.07) is 15.8. The van der Waals surface area contributed by atoms with Gasteiger partial charge in [-0.3, -0.25) is 0 Å². The van der Waals surface area contributed by atoms with Crippen LogP contribution >= 0.6 is 0 Å². The lowest BCUT2D eigenvalue weighted by atomic mass is 9.98. The van der Waals surface area contributed by atoms with Crippen molar-refractivity contribution < 1.29 is 8.78 Å². The second-order valence-corrected chi connectivity index (χ2v) is 8.08. The molecule has 4 aromatic rings. The maximum Gasteiger partial charge on any atom is 0.308 e. The number of allylic oxidation sites excluding steroid dienone is 2. The van der Waals surface area contributed by atoms with E-state index in [2.05, 4.69) is 30.7 Å². The molecule has 0 aliphatic carbocycles. The molecule has 0 saturated heterocycles. The predicted octanol–water partition coefficient (Wildman–Crippen LogP) is 5.57. The standard InChI is InChI=1S/C25H27F2N7/c1-3-5-11-22-28-24(25(26,27)16-6-4-2)31-34(22)17-18-12-14-19(15-13-18)20-9-7-8-10-21(20)23-29-32-33-30-23/h3,5,7-10,12-15H,4,6,11,16-17H2,1-2H3,(H,29,30,32,33). The van der Waals surface area contributed by atoms with Gasteiger partial charge in [-0.15, -0.1) is 10.2 Å². The first-order valence-electron chi connectivity index (χ1n) is 11.4. The highest BCUT2D eigenvalue weighted by molar-refractivity contribution is 5.80.